The van der Waals surface area contributed by atoms with Crippen molar-refractivity contribution in [3.05, 3.63) is 72.2 Å². The maximum atomic E-state index is 13.1. The van der Waals surface area contributed by atoms with Crippen molar-refractivity contribution in [2.45, 2.75) is 31.7 Å². The van der Waals surface area contributed by atoms with E-state index in [1.807, 2.05) is 0 Å². The van der Waals surface area contributed by atoms with Crippen molar-refractivity contribution in [2.24, 2.45) is 0 Å². The molecule has 5 nitrogen and oxygen atoms in total. The third-order valence-corrected chi connectivity index (χ3v) is 4.74. The summed E-state index contributed by atoms with van der Waals surface area (Å²) >= 11 is 0. The van der Waals surface area contributed by atoms with Gasteiger partial charge in [0.1, 0.15) is 11.6 Å². The average Bonchev–Trinajstić information content (AvgIpc) is 3.22. The number of halogens is 1. The molecule has 0 saturated heterocycles. The maximum absolute atomic E-state index is 13.1. The van der Waals surface area contributed by atoms with Crippen LogP contribution < -0.4 is 10.1 Å². The van der Waals surface area contributed by atoms with Gasteiger partial charge in [-0.2, -0.15) is 4.98 Å². The van der Waals surface area contributed by atoms with Crippen LogP contribution in [-0.4, -0.2) is 21.9 Å². The third kappa shape index (κ3) is 4.34. The second-order valence-electron chi connectivity index (χ2n) is 6.81. The first kappa shape index (κ1) is 18.1. The summed E-state index contributed by atoms with van der Waals surface area (Å²) in [5.41, 5.74) is 1.24. The van der Waals surface area contributed by atoms with Gasteiger partial charge < -0.3 is 10.1 Å². The van der Waals surface area contributed by atoms with E-state index in [2.05, 4.69) is 15.3 Å². The Hall–Kier alpha value is -3.28. The van der Waals surface area contributed by atoms with Crippen molar-refractivity contribution in [1.29, 1.82) is 0 Å². The number of nitrogens with one attached hydrogen (secondary N) is 1. The summed E-state index contributed by atoms with van der Waals surface area (Å²) in [4.78, 5) is 21.0. The van der Waals surface area contributed by atoms with Crippen molar-refractivity contribution in [3.8, 4) is 23.0 Å². The third-order valence-electron chi connectivity index (χ3n) is 4.74. The Morgan fingerprint density at radius 2 is 1.86 bits per heavy atom. The minimum absolute atomic E-state index is 0.0907. The van der Waals surface area contributed by atoms with Crippen molar-refractivity contribution in [3.63, 3.8) is 0 Å². The highest BCUT2D eigenvalue weighted by atomic mass is 19.1. The Morgan fingerprint density at radius 1 is 1.07 bits per heavy atom. The highest BCUT2D eigenvalue weighted by molar-refractivity contribution is 5.94. The van der Waals surface area contributed by atoms with Gasteiger partial charge in [0.15, 0.2) is 5.82 Å². The van der Waals surface area contributed by atoms with Gasteiger partial charge in [0.25, 0.3) is 5.91 Å². The molecule has 0 atom stereocenters. The number of hydrogen-bond acceptors (Lipinski definition) is 4. The molecule has 1 fully saturated rings. The summed E-state index contributed by atoms with van der Waals surface area (Å²) in [5, 5.41) is 3.07. The van der Waals surface area contributed by atoms with Crippen LogP contribution in [0.25, 0.3) is 11.4 Å². The van der Waals surface area contributed by atoms with Crippen molar-refractivity contribution in [2.75, 3.05) is 0 Å². The molecule has 6 heteroatoms. The smallest absolute Gasteiger partial charge is 0.251 e. The molecule has 142 valence electrons. The van der Waals surface area contributed by atoms with E-state index in [1.165, 1.54) is 12.1 Å². The fourth-order valence-corrected chi connectivity index (χ4v) is 3.30. The molecule has 4 rings (SSSR count). The van der Waals surface area contributed by atoms with Crippen LogP contribution in [0.15, 0.2) is 60.8 Å². The van der Waals surface area contributed by atoms with Crippen molar-refractivity contribution < 1.29 is 13.9 Å². The molecule has 0 aliphatic heterocycles. The van der Waals surface area contributed by atoms with E-state index >= 15 is 0 Å². The van der Waals surface area contributed by atoms with E-state index in [1.54, 1.807) is 48.7 Å². The average molecular weight is 377 g/mol. The number of amides is 1. The molecule has 1 aliphatic carbocycles. The lowest BCUT2D eigenvalue weighted by Crippen LogP contribution is -2.32. The second kappa shape index (κ2) is 8.17. The molecule has 0 radical (unpaired) electrons. The van der Waals surface area contributed by atoms with Crippen LogP contribution in [0.2, 0.25) is 0 Å². The van der Waals surface area contributed by atoms with Gasteiger partial charge in [-0.3, -0.25) is 4.79 Å². The molecule has 1 heterocycles. The van der Waals surface area contributed by atoms with E-state index < -0.39 is 0 Å². The van der Waals surface area contributed by atoms with Gasteiger partial charge in [0, 0.05) is 29.4 Å². The van der Waals surface area contributed by atoms with Crippen LogP contribution >= 0.6 is 0 Å². The summed E-state index contributed by atoms with van der Waals surface area (Å²) < 4.78 is 18.9. The molecule has 1 saturated carbocycles. The topological polar surface area (TPSA) is 64.1 Å². The Morgan fingerprint density at radius 3 is 2.64 bits per heavy atom. The predicted octanol–water partition coefficient (Wildman–Crippen LogP) is 4.75. The highest BCUT2D eigenvalue weighted by Crippen LogP contribution is 2.24. The lowest BCUT2D eigenvalue weighted by molar-refractivity contribution is 0.0937. The van der Waals surface area contributed by atoms with Gasteiger partial charge in [-0.05, 0) is 55.3 Å². The van der Waals surface area contributed by atoms with Crippen LogP contribution in [0.3, 0.4) is 0 Å². The predicted molar refractivity (Wildman–Crippen MR) is 104 cm³/mol. The number of nitrogens with zero attached hydrogens (tertiary/aromatic N) is 2. The highest BCUT2D eigenvalue weighted by Gasteiger charge is 2.18. The van der Waals surface area contributed by atoms with E-state index in [4.69, 9.17) is 4.74 Å². The summed E-state index contributed by atoms with van der Waals surface area (Å²) in [5.74, 6) is 0.897. The molecule has 28 heavy (non-hydrogen) atoms. The lowest BCUT2D eigenvalue weighted by atomic mass is 10.1. The van der Waals surface area contributed by atoms with Crippen molar-refractivity contribution >= 4 is 5.91 Å². The van der Waals surface area contributed by atoms with E-state index in [0.717, 1.165) is 25.7 Å². The van der Waals surface area contributed by atoms with Crippen LogP contribution in [0.5, 0.6) is 11.6 Å². The Kier molecular flexibility index (Phi) is 5.28. The SMILES string of the molecule is O=C(NC1CCCC1)c1cccc(Oc2ccnc(-c3ccc(F)cc3)n2)c1. The van der Waals surface area contributed by atoms with E-state index in [-0.39, 0.29) is 17.8 Å². The Labute approximate surface area is 162 Å². The summed E-state index contributed by atoms with van der Waals surface area (Å²) in [6.45, 7) is 0. The summed E-state index contributed by atoms with van der Waals surface area (Å²) in [6, 6.07) is 14.9. The molecule has 3 aromatic rings. The summed E-state index contributed by atoms with van der Waals surface area (Å²) in [6.07, 6.45) is 5.98. The monoisotopic (exact) mass is 377 g/mol. The zero-order valence-corrected chi connectivity index (χ0v) is 15.3. The fourth-order valence-electron chi connectivity index (χ4n) is 3.30. The van der Waals surface area contributed by atoms with Crippen LogP contribution in [0, 0.1) is 5.82 Å². The van der Waals surface area contributed by atoms with Crippen LogP contribution in [0.1, 0.15) is 36.0 Å². The first-order valence-corrected chi connectivity index (χ1v) is 9.35. The number of carbonyl (C=O) groups excluding carboxylic acids is 1. The van der Waals surface area contributed by atoms with E-state index in [9.17, 15) is 9.18 Å². The number of ether oxygens (including phenoxy) is 1. The van der Waals surface area contributed by atoms with Gasteiger partial charge in [0.05, 0.1) is 0 Å². The van der Waals surface area contributed by atoms with Gasteiger partial charge in [-0.1, -0.05) is 18.9 Å². The fraction of sp³-hybridized carbons (Fsp3) is 0.227. The normalized spacial score (nSPS) is 14.0. The van der Waals surface area contributed by atoms with Gasteiger partial charge in [-0.15, -0.1) is 0 Å². The van der Waals surface area contributed by atoms with E-state index in [0.29, 0.717) is 28.6 Å². The minimum Gasteiger partial charge on any atom is -0.439 e. The standard InChI is InChI=1S/C22H20FN3O2/c23-17-10-8-15(9-11-17)21-24-13-12-20(26-21)28-19-7-3-4-16(14-19)22(27)25-18-5-1-2-6-18/h3-4,7-14,18H,1-2,5-6H2,(H,25,27). The van der Waals surface area contributed by atoms with Crippen LogP contribution in [0.4, 0.5) is 4.39 Å². The Balaban J connectivity index is 1.49. The van der Waals surface area contributed by atoms with Crippen LogP contribution in [-0.2, 0) is 0 Å². The molecule has 1 aliphatic rings. The minimum atomic E-state index is -0.316. The molecule has 1 N–H and O–H groups in total. The lowest BCUT2D eigenvalue weighted by Gasteiger charge is -2.12. The maximum Gasteiger partial charge on any atom is 0.251 e. The molecule has 2 aromatic carbocycles. The molecule has 0 bridgehead atoms. The molecule has 0 spiro atoms. The second-order valence-corrected chi connectivity index (χ2v) is 6.81. The first-order valence-electron chi connectivity index (χ1n) is 9.35. The zero-order chi connectivity index (χ0) is 19.3. The van der Waals surface area contributed by atoms with Gasteiger partial charge in [-0.25, -0.2) is 9.37 Å². The van der Waals surface area contributed by atoms with Gasteiger partial charge in [0.2, 0.25) is 5.88 Å². The number of aromatic nitrogens is 2. The van der Waals surface area contributed by atoms with Gasteiger partial charge >= 0.3 is 0 Å². The quantitative estimate of drug-likeness (QED) is 0.697. The molecular weight excluding hydrogens is 357 g/mol. The molecule has 0 unspecified atom stereocenters. The molecule has 1 aromatic heterocycles. The molecule has 1 amide bonds. The number of hydrogen-bond donors (Lipinski definition) is 1. The largest absolute Gasteiger partial charge is 0.439 e. The number of benzene rings is 2. The first-order chi connectivity index (χ1) is 13.7. The Bertz CT molecular complexity index is 970. The zero-order valence-electron chi connectivity index (χ0n) is 15.3. The number of carbonyl (C=O) groups is 1. The molecular formula is C22H20FN3O2. The summed E-state index contributed by atoms with van der Waals surface area (Å²) in [7, 11) is 0. The van der Waals surface area contributed by atoms with Crippen molar-refractivity contribution in [1.82, 2.24) is 15.3 Å². The number of rotatable bonds is 5.